The van der Waals surface area contributed by atoms with Gasteiger partial charge in [-0.3, -0.25) is 19.2 Å². The topological polar surface area (TPSA) is 96.4 Å². The number of aryl methyl sites for hydroxylation is 2. The largest absolute Gasteiger partial charge is 0.274 e. The third kappa shape index (κ3) is 3.39. The van der Waals surface area contributed by atoms with Crippen molar-refractivity contribution in [2.24, 2.45) is 0 Å². The van der Waals surface area contributed by atoms with Crippen molar-refractivity contribution in [1.82, 2.24) is 4.98 Å². The Bertz CT molecular complexity index is 954. The van der Waals surface area contributed by atoms with Gasteiger partial charge in [-0.2, -0.15) is 0 Å². The molecule has 1 aromatic heterocycles. The van der Waals surface area contributed by atoms with Crippen molar-refractivity contribution >= 4 is 33.3 Å². The van der Waals surface area contributed by atoms with E-state index in [0.717, 1.165) is 4.90 Å². The third-order valence-electron chi connectivity index (χ3n) is 3.90. The maximum absolute atomic E-state index is 12.5. The van der Waals surface area contributed by atoms with E-state index in [1.807, 2.05) is 0 Å². The van der Waals surface area contributed by atoms with Gasteiger partial charge in [0.1, 0.15) is 5.82 Å². The molecule has 0 atom stereocenters. The van der Waals surface area contributed by atoms with E-state index in [-0.39, 0.29) is 35.4 Å². The van der Waals surface area contributed by atoms with Crippen molar-refractivity contribution in [2.45, 2.75) is 31.6 Å². The lowest BCUT2D eigenvalue weighted by Gasteiger charge is -2.17. The Balaban J connectivity index is 1.92. The molecule has 0 aliphatic carbocycles. The van der Waals surface area contributed by atoms with Crippen molar-refractivity contribution in [3.63, 3.8) is 0 Å². The number of imide groups is 1. The number of hydrogen-bond acceptors (Lipinski definition) is 5. The molecule has 0 unspecified atom stereocenters. The molecule has 1 fully saturated rings. The first kappa shape index (κ1) is 17.1. The molecule has 2 amide bonds. The maximum Gasteiger partial charge on any atom is 0.263 e. The molecule has 0 saturated carbocycles. The van der Waals surface area contributed by atoms with Crippen LogP contribution in [-0.4, -0.2) is 25.2 Å². The molecule has 25 heavy (non-hydrogen) atoms. The Hall–Kier alpha value is -2.74. The quantitative estimate of drug-likeness (QED) is 0.844. The number of amides is 2. The first-order valence-electron chi connectivity index (χ1n) is 7.71. The summed E-state index contributed by atoms with van der Waals surface area (Å²) in [6.07, 6.45) is 0.359. The van der Waals surface area contributed by atoms with E-state index in [0.29, 0.717) is 16.9 Å². The maximum atomic E-state index is 12.5. The second-order valence-electron chi connectivity index (χ2n) is 5.84. The van der Waals surface area contributed by atoms with E-state index in [1.54, 1.807) is 32.0 Å². The summed E-state index contributed by atoms with van der Waals surface area (Å²) in [4.78, 5) is 29.0. The minimum absolute atomic E-state index is 0.0381. The predicted octanol–water partition coefficient (Wildman–Crippen LogP) is 2.15. The van der Waals surface area contributed by atoms with Gasteiger partial charge < -0.3 is 0 Å². The predicted molar refractivity (Wildman–Crippen MR) is 92.7 cm³/mol. The van der Waals surface area contributed by atoms with Gasteiger partial charge in [-0.1, -0.05) is 6.07 Å². The number of carbonyl (C=O) groups excluding carboxylic acids is 2. The van der Waals surface area contributed by atoms with Crippen LogP contribution in [0.4, 0.5) is 11.5 Å². The SMILES string of the molecule is Cc1cccc(NS(=O)(=O)c2ccc(N3C(=O)CCC3=O)c(C)c2)n1. The molecule has 0 spiro atoms. The van der Waals surface area contributed by atoms with Crippen molar-refractivity contribution in [1.29, 1.82) is 0 Å². The minimum Gasteiger partial charge on any atom is -0.274 e. The Labute approximate surface area is 145 Å². The number of anilines is 2. The molecule has 1 aliphatic rings. The Morgan fingerprint density at radius 3 is 2.32 bits per heavy atom. The van der Waals surface area contributed by atoms with Gasteiger partial charge in [0.2, 0.25) is 11.8 Å². The molecule has 3 rings (SSSR count). The van der Waals surface area contributed by atoms with Crippen molar-refractivity contribution in [2.75, 3.05) is 9.62 Å². The minimum atomic E-state index is -3.82. The number of nitrogens with zero attached hydrogens (tertiary/aromatic N) is 2. The van der Waals surface area contributed by atoms with Gasteiger partial charge >= 0.3 is 0 Å². The lowest BCUT2D eigenvalue weighted by Crippen LogP contribution is -2.29. The van der Waals surface area contributed by atoms with Crippen LogP contribution in [0.2, 0.25) is 0 Å². The van der Waals surface area contributed by atoms with Gasteiger partial charge in [0, 0.05) is 18.5 Å². The highest BCUT2D eigenvalue weighted by Gasteiger charge is 2.31. The summed E-state index contributed by atoms with van der Waals surface area (Å²) in [5, 5.41) is 0. The fourth-order valence-electron chi connectivity index (χ4n) is 2.69. The molecule has 1 aliphatic heterocycles. The molecule has 1 saturated heterocycles. The molecule has 7 nitrogen and oxygen atoms in total. The first-order valence-corrected chi connectivity index (χ1v) is 9.19. The van der Waals surface area contributed by atoms with E-state index < -0.39 is 10.0 Å². The lowest BCUT2D eigenvalue weighted by molar-refractivity contribution is -0.121. The number of aromatic nitrogens is 1. The zero-order valence-electron chi connectivity index (χ0n) is 13.8. The van der Waals surface area contributed by atoms with Gasteiger partial charge in [0.15, 0.2) is 0 Å². The monoisotopic (exact) mass is 359 g/mol. The molecule has 0 bridgehead atoms. The average Bonchev–Trinajstić information content (AvgIpc) is 2.86. The van der Waals surface area contributed by atoms with Crippen LogP contribution in [-0.2, 0) is 19.6 Å². The Morgan fingerprint density at radius 1 is 1.04 bits per heavy atom. The molecule has 2 heterocycles. The summed E-state index contributed by atoms with van der Waals surface area (Å²) < 4.78 is 27.5. The van der Waals surface area contributed by atoms with E-state index in [4.69, 9.17) is 0 Å². The van der Waals surface area contributed by atoms with Gasteiger partial charge in [-0.05, 0) is 49.7 Å². The summed E-state index contributed by atoms with van der Waals surface area (Å²) >= 11 is 0. The van der Waals surface area contributed by atoms with Gasteiger partial charge in [-0.15, -0.1) is 0 Å². The molecule has 1 N–H and O–H groups in total. The zero-order chi connectivity index (χ0) is 18.2. The number of benzene rings is 1. The molecular weight excluding hydrogens is 342 g/mol. The Kier molecular flexibility index (Phi) is 4.30. The van der Waals surface area contributed by atoms with E-state index in [9.17, 15) is 18.0 Å². The van der Waals surface area contributed by atoms with Gasteiger partial charge in [0.25, 0.3) is 10.0 Å². The van der Waals surface area contributed by atoms with Crippen LogP contribution in [0, 0.1) is 13.8 Å². The van der Waals surface area contributed by atoms with E-state index in [2.05, 4.69) is 9.71 Å². The molecule has 2 aromatic rings. The third-order valence-corrected chi connectivity index (χ3v) is 5.25. The number of rotatable bonds is 4. The number of hydrogen-bond donors (Lipinski definition) is 1. The summed E-state index contributed by atoms with van der Waals surface area (Å²) in [5.41, 5.74) is 1.64. The van der Waals surface area contributed by atoms with Crippen LogP contribution in [0.25, 0.3) is 0 Å². The first-order chi connectivity index (χ1) is 11.8. The second-order valence-corrected chi connectivity index (χ2v) is 7.52. The van der Waals surface area contributed by atoms with Crippen LogP contribution in [0.5, 0.6) is 0 Å². The van der Waals surface area contributed by atoms with Crippen LogP contribution in [0.1, 0.15) is 24.1 Å². The molecule has 8 heteroatoms. The van der Waals surface area contributed by atoms with Gasteiger partial charge in [0.05, 0.1) is 10.6 Å². The van der Waals surface area contributed by atoms with Crippen LogP contribution in [0.3, 0.4) is 0 Å². The van der Waals surface area contributed by atoms with Crippen molar-refractivity contribution in [3.05, 3.63) is 47.7 Å². The number of sulfonamides is 1. The normalized spacial score (nSPS) is 14.9. The zero-order valence-corrected chi connectivity index (χ0v) is 14.6. The number of nitrogens with one attached hydrogen (secondary N) is 1. The van der Waals surface area contributed by atoms with Crippen LogP contribution in [0.15, 0.2) is 41.3 Å². The fraction of sp³-hybridized carbons (Fsp3) is 0.235. The second kappa shape index (κ2) is 6.29. The van der Waals surface area contributed by atoms with Crippen LogP contribution >= 0.6 is 0 Å². The average molecular weight is 359 g/mol. The lowest BCUT2D eigenvalue weighted by atomic mass is 10.2. The number of pyridine rings is 1. The van der Waals surface area contributed by atoms with E-state index >= 15 is 0 Å². The fourth-order valence-corrected chi connectivity index (χ4v) is 3.77. The molecule has 0 radical (unpaired) electrons. The highest BCUT2D eigenvalue weighted by molar-refractivity contribution is 7.92. The summed E-state index contributed by atoms with van der Waals surface area (Å²) in [6.45, 7) is 3.43. The van der Waals surface area contributed by atoms with Crippen molar-refractivity contribution in [3.8, 4) is 0 Å². The molecule has 130 valence electrons. The van der Waals surface area contributed by atoms with Crippen LogP contribution < -0.4 is 9.62 Å². The standard InChI is InChI=1S/C17H17N3O4S/c1-11-10-13(6-7-14(11)20-16(21)8-9-17(20)22)25(23,24)19-15-5-3-4-12(2)18-15/h3-7,10H,8-9H2,1-2H3,(H,18,19). The number of carbonyl (C=O) groups is 2. The summed E-state index contributed by atoms with van der Waals surface area (Å²) in [6, 6.07) is 9.33. The molecule has 1 aromatic carbocycles. The smallest absolute Gasteiger partial charge is 0.263 e. The van der Waals surface area contributed by atoms with Gasteiger partial charge in [-0.25, -0.2) is 13.4 Å². The van der Waals surface area contributed by atoms with Crippen molar-refractivity contribution < 1.29 is 18.0 Å². The summed E-state index contributed by atoms with van der Waals surface area (Å²) in [7, 11) is -3.82. The van der Waals surface area contributed by atoms with E-state index in [1.165, 1.54) is 18.2 Å². The summed E-state index contributed by atoms with van der Waals surface area (Å²) in [5.74, 6) is -0.316. The Morgan fingerprint density at radius 2 is 1.72 bits per heavy atom. The molecular formula is C17H17N3O4S. The highest BCUT2D eigenvalue weighted by Crippen LogP contribution is 2.28. The highest BCUT2D eigenvalue weighted by atomic mass is 32.2.